The molecule has 2 unspecified atom stereocenters. The zero-order valence-electron chi connectivity index (χ0n) is 15.0. The lowest BCUT2D eigenvalue weighted by Gasteiger charge is -2.65. The van der Waals surface area contributed by atoms with E-state index in [1.54, 1.807) is 12.3 Å². The lowest BCUT2D eigenvalue weighted by atomic mass is 9.43. The molecule has 0 amide bonds. The van der Waals surface area contributed by atoms with Crippen molar-refractivity contribution < 1.29 is 9.53 Å². The van der Waals surface area contributed by atoms with Gasteiger partial charge in [-0.15, -0.1) is 0 Å². The monoisotopic (exact) mass is 328 g/mol. The Hall–Kier alpha value is -1.42. The summed E-state index contributed by atoms with van der Waals surface area (Å²) in [5.41, 5.74) is 2.82. The van der Waals surface area contributed by atoms with Gasteiger partial charge in [-0.1, -0.05) is 13.8 Å². The highest BCUT2D eigenvalue weighted by molar-refractivity contribution is 5.88. The van der Waals surface area contributed by atoms with E-state index in [1.165, 1.54) is 45.6 Å². The maximum Gasteiger partial charge on any atom is 0.339 e. The number of nitrogens with one attached hydrogen (secondary N) is 1. The number of carbonyl (C=O) groups excluding carboxylic acids is 1. The van der Waals surface area contributed by atoms with Crippen LogP contribution in [0.15, 0.2) is 18.3 Å². The first-order chi connectivity index (χ1) is 11.3. The predicted octanol–water partition coefficient (Wildman–Crippen LogP) is 3.71. The minimum Gasteiger partial charge on any atom is -0.465 e. The van der Waals surface area contributed by atoms with E-state index in [9.17, 15) is 4.79 Å². The largest absolute Gasteiger partial charge is 0.465 e. The molecule has 0 spiro atoms. The Morgan fingerprint density at radius 1 is 1.21 bits per heavy atom. The number of nitrogens with zero attached hydrogens (tertiary/aromatic N) is 1. The van der Waals surface area contributed by atoms with Crippen LogP contribution < -0.4 is 5.32 Å². The average molecular weight is 328 g/mol. The summed E-state index contributed by atoms with van der Waals surface area (Å²) < 4.78 is 4.73. The maximum absolute atomic E-state index is 11.5. The first-order valence-electron chi connectivity index (χ1n) is 9.11. The van der Waals surface area contributed by atoms with Crippen molar-refractivity contribution in [3.05, 3.63) is 29.6 Å². The Bertz CT molecular complexity index is 636. The predicted molar refractivity (Wildman–Crippen MR) is 92.6 cm³/mol. The average Bonchev–Trinajstić information content (AvgIpc) is 2.49. The molecule has 5 rings (SSSR count). The highest BCUT2D eigenvalue weighted by Gasteiger charge is 2.59. The molecule has 1 heterocycles. The molecular weight excluding hydrogens is 300 g/mol. The Morgan fingerprint density at radius 2 is 1.92 bits per heavy atom. The number of pyridine rings is 1. The van der Waals surface area contributed by atoms with Gasteiger partial charge in [-0.2, -0.15) is 0 Å². The van der Waals surface area contributed by atoms with E-state index in [0.29, 0.717) is 16.4 Å². The van der Waals surface area contributed by atoms with Crippen LogP contribution in [0.1, 0.15) is 68.4 Å². The van der Waals surface area contributed by atoms with Crippen molar-refractivity contribution >= 4 is 5.97 Å². The van der Waals surface area contributed by atoms with Crippen LogP contribution in [0.25, 0.3) is 0 Å². The molecule has 4 bridgehead atoms. The molecule has 1 aromatic rings. The van der Waals surface area contributed by atoms with Crippen molar-refractivity contribution in [2.45, 2.75) is 64.5 Å². The number of aromatic nitrogens is 1. The molecular formula is C20H28N2O2. The van der Waals surface area contributed by atoms with Crippen LogP contribution in [0.3, 0.4) is 0 Å². The molecule has 1 N–H and O–H groups in total. The molecule has 0 radical (unpaired) electrons. The second kappa shape index (κ2) is 5.29. The normalized spacial score (nSPS) is 39.9. The molecule has 4 nitrogen and oxygen atoms in total. The van der Waals surface area contributed by atoms with Gasteiger partial charge < -0.3 is 10.1 Å². The molecule has 4 aliphatic carbocycles. The van der Waals surface area contributed by atoms with Gasteiger partial charge in [0.15, 0.2) is 0 Å². The van der Waals surface area contributed by atoms with E-state index >= 15 is 0 Å². The third kappa shape index (κ3) is 2.75. The van der Waals surface area contributed by atoms with Gasteiger partial charge in [0.1, 0.15) is 0 Å². The van der Waals surface area contributed by atoms with E-state index in [4.69, 9.17) is 4.74 Å². The summed E-state index contributed by atoms with van der Waals surface area (Å²) in [7, 11) is 1.39. The fraction of sp³-hybridized carbons (Fsp3) is 0.700. The smallest absolute Gasteiger partial charge is 0.339 e. The quantitative estimate of drug-likeness (QED) is 0.856. The Kier molecular flexibility index (Phi) is 3.54. The van der Waals surface area contributed by atoms with Gasteiger partial charge in [-0.25, -0.2) is 4.79 Å². The van der Waals surface area contributed by atoms with Gasteiger partial charge in [0.2, 0.25) is 0 Å². The fourth-order valence-electron chi connectivity index (χ4n) is 6.69. The van der Waals surface area contributed by atoms with Gasteiger partial charge in [-0.05, 0) is 67.4 Å². The van der Waals surface area contributed by atoms with Crippen LogP contribution in [0.4, 0.5) is 0 Å². The van der Waals surface area contributed by atoms with Crippen molar-refractivity contribution in [1.82, 2.24) is 10.3 Å². The SMILES string of the molecule is COC(=O)c1ccc(CNC23CC4CC(C)(CC(C)(C4)C2)C3)nc1. The minimum absolute atomic E-state index is 0.283. The third-order valence-corrected chi connectivity index (χ3v) is 6.52. The Balaban J connectivity index is 1.47. The van der Waals surface area contributed by atoms with Gasteiger partial charge >= 0.3 is 5.97 Å². The van der Waals surface area contributed by atoms with Crippen molar-refractivity contribution in [2.75, 3.05) is 7.11 Å². The number of esters is 1. The van der Waals surface area contributed by atoms with Gasteiger partial charge in [0, 0.05) is 18.3 Å². The molecule has 130 valence electrons. The molecule has 24 heavy (non-hydrogen) atoms. The lowest BCUT2D eigenvalue weighted by Crippen LogP contribution is -2.63. The van der Waals surface area contributed by atoms with Crippen LogP contribution in [0.5, 0.6) is 0 Å². The number of carbonyl (C=O) groups is 1. The van der Waals surface area contributed by atoms with Crippen molar-refractivity contribution in [1.29, 1.82) is 0 Å². The molecule has 0 aliphatic heterocycles. The number of hydrogen-bond donors (Lipinski definition) is 1. The summed E-state index contributed by atoms with van der Waals surface area (Å²) in [5.74, 6) is 0.558. The van der Waals surface area contributed by atoms with Crippen molar-refractivity contribution in [3.63, 3.8) is 0 Å². The summed E-state index contributed by atoms with van der Waals surface area (Å²) >= 11 is 0. The second-order valence-corrected chi connectivity index (χ2v) is 9.29. The van der Waals surface area contributed by atoms with Crippen molar-refractivity contribution in [2.24, 2.45) is 16.7 Å². The number of methoxy groups -OCH3 is 1. The molecule has 4 heteroatoms. The molecule has 1 aromatic heterocycles. The summed E-state index contributed by atoms with van der Waals surface area (Å²) in [6.07, 6.45) is 9.75. The lowest BCUT2D eigenvalue weighted by molar-refractivity contribution is -0.118. The van der Waals surface area contributed by atoms with Crippen LogP contribution in [0, 0.1) is 16.7 Å². The van der Waals surface area contributed by atoms with E-state index < -0.39 is 0 Å². The fourth-order valence-corrected chi connectivity index (χ4v) is 6.69. The van der Waals surface area contributed by atoms with Crippen LogP contribution in [-0.2, 0) is 11.3 Å². The zero-order chi connectivity index (χ0) is 17.0. The first kappa shape index (κ1) is 16.1. The second-order valence-electron chi connectivity index (χ2n) is 9.29. The third-order valence-electron chi connectivity index (χ3n) is 6.52. The van der Waals surface area contributed by atoms with Gasteiger partial charge in [0.05, 0.1) is 18.4 Å². The Labute approximate surface area is 144 Å². The van der Waals surface area contributed by atoms with Crippen LogP contribution in [0.2, 0.25) is 0 Å². The van der Waals surface area contributed by atoms with Gasteiger partial charge in [0.25, 0.3) is 0 Å². The Morgan fingerprint density at radius 3 is 2.46 bits per heavy atom. The standard InChI is InChI=1S/C20H28N2O2/c1-18-6-14-7-19(2,11-18)13-20(8-14,12-18)22-10-16-5-4-15(9-21-16)17(23)24-3/h4-5,9,14,22H,6-8,10-13H2,1-3H3. The minimum atomic E-state index is -0.330. The number of rotatable bonds is 4. The van der Waals surface area contributed by atoms with E-state index in [1.807, 2.05) is 6.07 Å². The summed E-state index contributed by atoms with van der Waals surface area (Å²) in [5, 5.41) is 3.88. The van der Waals surface area contributed by atoms with E-state index in [0.717, 1.165) is 18.2 Å². The molecule has 4 aliphatic rings. The number of hydrogen-bond acceptors (Lipinski definition) is 4. The summed E-state index contributed by atoms with van der Waals surface area (Å²) in [4.78, 5) is 15.9. The van der Waals surface area contributed by atoms with Crippen molar-refractivity contribution in [3.8, 4) is 0 Å². The van der Waals surface area contributed by atoms with E-state index in [2.05, 4.69) is 24.1 Å². The number of ether oxygens (including phenoxy) is 1. The summed E-state index contributed by atoms with van der Waals surface area (Å²) in [6.45, 7) is 5.77. The maximum atomic E-state index is 11.5. The molecule has 2 atom stereocenters. The van der Waals surface area contributed by atoms with Crippen LogP contribution >= 0.6 is 0 Å². The first-order valence-corrected chi connectivity index (χ1v) is 9.11. The molecule has 4 fully saturated rings. The van der Waals surface area contributed by atoms with Gasteiger partial charge in [-0.3, -0.25) is 4.98 Å². The topological polar surface area (TPSA) is 51.2 Å². The highest BCUT2D eigenvalue weighted by Crippen LogP contribution is 2.66. The summed E-state index contributed by atoms with van der Waals surface area (Å²) in [6, 6.07) is 3.74. The highest BCUT2D eigenvalue weighted by atomic mass is 16.5. The van der Waals surface area contributed by atoms with E-state index in [-0.39, 0.29) is 11.5 Å². The molecule has 0 aromatic carbocycles. The molecule has 0 saturated heterocycles. The zero-order valence-corrected chi connectivity index (χ0v) is 15.0. The van der Waals surface area contributed by atoms with Crippen LogP contribution in [-0.4, -0.2) is 23.6 Å². The molecule has 4 saturated carbocycles.